The number of halogens is 2. The van der Waals surface area contributed by atoms with E-state index in [-0.39, 0.29) is 52.0 Å². The number of rotatable bonds is 11. The maximum Gasteiger partial charge on any atom is 0.329 e. The van der Waals surface area contributed by atoms with Crippen LogP contribution in [-0.4, -0.2) is 120 Å². The predicted octanol–water partition coefficient (Wildman–Crippen LogP) is 7.57. The number of imide groups is 1. The Balaban J connectivity index is 0.709. The third-order valence-corrected chi connectivity index (χ3v) is 17.4. The van der Waals surface area contributed by atoms with Gasteiger partial charge in [-0.1, -0.05) is 31.2 Å². The maximum atomic E-state index is 17.2. The Labute approximate surface area is 421 Å². The van der Waals surface area contributed by atoms with Gasteiger partial charge < -0.3 is 24.7 Å². The van der Waals surface area contributed by atoms with Crippen molar-refractivity contribution < 1.29 is 33.3 Å². The number of ether oxygens (including phenoxy) is 1. The highest BCUT2D eigenvalue weighted by Gasteiger charge is 2.50. The number of aryl methyl sites for hydroxylation is 2. The summed E-state index contributed by atoms with van der Waals surface area (Å²) < 4.78 is 42.1. The van der Waals surface area contributed by atoms with Gasteiger partial charge >= 0.3 is 11.7 Å². The zero-order chi connectivity index (χ0) is 50.6. The first-order valence-electron chi connectivity index (χ1n) is 26.2. The lowest BCUT2D eigenvalue weighted by molar-refractivity contribution is -0.135. The molecule has 0 radical (unpaired) electrons. The fourth-order valence-electron chi connectivity index (χ4n) is 13.1. The number of likely N-dealkylation sites (tertiary alicyclic amines) is 1. The summed E-state index contributed by atoms with van der Waals surface area (Å²) in [5.41, 5.74) is 3.46. The van der Waals surface area contributed by atoms with Gasteiger partial charge in [-0.15, -0.1) is 0 Å². The van der Waals surface area contributed by atoms with Crippen molar-refractivity contribution in [3.8, 4) is 23.0 Å². The van der Waals surface area contributed by atoms with Crippen LogP contribution >= 0.6 is 0 Å². The summed E-state index contributed by atoms with van der Waals surface area (Å²) in [7, 11) is 1.76. The number of carbonyl (C=O) groups excluding carboxylic acids is 2. The molecule has 5 fully saturated rings. The highest BCUT2D eigenvalue weighted by atomic mass is 19.1. The van der Waals surface area contributed by atoms with Crippen molar-refractivity contribution in [2.24, 2.45) is 17.9 Å². The largest absolute Gasteiger partial charge is 0.508 e. The third-order valence-electron chi connectivity index (χ3n) is 17.4. The van der Waals surface area contributed by atoms with E-state index in [2.05, 4.69) is 32.2 Å². The molecular formula is C56H63F2N9O6. The summed E-state index contributed by atoms with van der Waals surface area (Å²) >= 11 is 0. The summed E-state index contributed by atoms with van der Waals surface area (Å²) in [6, 6.07) is 11.7. The number of piperidine rings is 3. The number of nitrogens with zero attached hydrogens (tertiary/aromatic N) is 8. The molecule has 3 aromatic carbocycles. The molecule has 3 N–H and O–H groups in total. The summed E-state index contributed by atoms with van der Waals surface area (Å²) in [5, 5.41) is 25.7. The number of aromatic hydroxyl groups is 1. The van der Waals surface area contributed by atoms with Gasteiger partial charge in [0.25, 0.3) is 0 Å². The number of imidazole rings is 1. The number of aromatic nitrogens is 5. The van der Waals surface area contributed by atoms with Gasteiger partial charge in [0.15, 0.2) is 5.82 Å². The van der Waals surface area contributed by atoms with E-state index in [0.29, 0.717) is 83.5 Å². The van der Waals surface area contributed by atoms with Crippen molar-refractivity contribution in [2.75, 3.05) is 57.3 Å². The van der Waals surface area contributed by atoms with Crippen LogP contribution in [0, 0.1) is 22.5 Å². The number of hydrogen-bond donors (Lipinski definition) is 3. The monoisotopic (exact) mass is 995 g/mol. The molecule has 73 heavy (non-hydrogen) atoms. The van der Waals surface area contributed by atoms with Crippen LogP contribution in [-0.2, 0) is 23.1 Å². The Morgan fingerprint density at radius 1 is 0.945 bits per heavy atom. The van der Waals surface area contributed by atoms with E-state index in [0.717, 1.165) is 82.3 Å². The minimum atomic E-state index is -0.969. The minimum absolute atomic E-state index is 0.0112. The fourth-order valence-corrected chi connectivity index (χ4v) is 13.1. The molecule has 7 heterocycles. The third kappa shape index (κ3) is 8.54. The van der Waals surface area contributed by atoms with Crippen LogP contribution in [0.4, 0.5) is 14.6 Å². The Hall–Kier alpha value is -6.30. The zero-order valence-corrected chi connectivity index (χ0v) is 41.9. The van der Waals surface area contributed by atoms with Gasteiger partial charge in [-0.3, -0.25) is 33.9 Å². The molecule has 382 valence electrons. The van der Waals surface area contributed by atoms with Crippen LogP contribution in [0.25, 0.3) is 49.5 Å². The van der Waals surface area contributed by atoms with Crippen molar-refractivity contribution >= 4 is 55.9 Å². The molecule has 15 nitrogen and oxygen atoms in total. The predicted molar refractivity (Wildman–Crippen MR) is 274 cm³/mol. The van der Waals surface area contributed by atoms with E-state index in [1.54, 1.807) is 35.2 Å². The smallest absolute Gasteiger partial charge is 0.329 e. The van der Waals surface area contributed by atoms with E-state index in [4.69, 9.17) is 14.7 Å². The number of anilines is 1. The number of phenolic OH excluding ortho intramolecular Hbond substituents is 1. The number of fused-ring (bicyclic) bond motifs is 3. The highest BCUT2D eigenvalue weighted by molar-refractivity contribution is 6.02. The lowest BCUT2D eigenvalue weighted by Gasteiger charge is -2.56. The minimum Gasteiger partial charge on any atom is -0.508 e. The second-order valence-corrected chi connectivity index (χ2v) is 22.5. The number of hydrogen-bond acceptors (Lipinski definition) is 12. The summed E-state index contributed by atoms with van der Waals surface area (Å²) in [4.78, 5) is 59.6. The Bertz CT molecular complexity index is 3330. The molecule has 17 heteroatoms. The molecular weight excluding hydrogens is 933 g/mol. The van der Waals surface area contributed by atoms with E-state index in [1.807, 2.05) is 24.0 Å². The number of pyridine rings is 1. The van der Waals surface area contributed by atoms with Crippen molar-refractivity contribution in [2.45, 2.75) is 109 Å². The normalized spacial score (nSPS) is 23.6. The van der Waals surface area contributed by atoms with Crippen LogP contribution in [0.3, 0.4) is 0 Å². The van der Waals surface area contributed by atoms with Crippen LogP contribution in [0.5, 0.6) is 11.8 Å². The standard InChI is InChI=1S/C56H63F2N9O6/c1-4-37-41(57)10-9-34-25-36(68)26-39(45(34)37)47-46(58)48-40(29-59-47)50(66-20-6-15-54(2,72)30-66)62-52(61-48)73-32-56(16-17-56)31-64-23-18-55(19-24-64)27-35(28-55)65-21-13-33(14-22-65)38-7-5-8-42-49(38)63(3)53(71)67(42)43-11-12-44(69)60-51(43)70/h5,7-10,13,25-26,29,35,43,68,72H,4,6,11-12,14-24,27-28,30-32H2,1-3H3,(H,60,69,70)/t43?,54-/m1/s1. The van der Waals surface area contributed by atoms with Crippen molar-refractivity contribution in [1.29, 1.82) is 0 Å². The van der Waals surface area contributed by atoms with Gasteiger partial charge in [0.2, 0.25) is 11.8 Å². The molecule has 3 saturated heterocycles. The Morgan fingerprint density at radius 2 is 1.75 bits per heavy atom. The zero-order valence-electron chi connectivity index (χ0n) is 41.9. The molecule has 12 rings (SSSR count). The fraction of sp³-hybridized carbons (Fsp3) is 0.500. The van der Waals surface area contributed by atoms with Gasteiger partial charge in [0.05, 0.1) is 28.6 Å². The molecule has 4 aliphatic heterocycles. The molecule has 1 spiro atoms. The van der Waals surface area contributed by atoms with E-state index in [9.17, 15) is 24.6 Å². The summed E-state index contributed by atoms with van der Waals surface area (Å²) in [5.74, 6) is -1.52. The number of amides is 2. The molecule has 6 aromatic rings. The second-order valence-electron chi connectivity index (χ2n) is 22.5. The lowest BCUT2D eigenvalue weighted by atomic mass is 9.60. The average molecular weight is 996 g/mol. The first kappa shape index (κ1) is 47.7. The van der Waals surface area contributed by atoms with Gasteiger partial charge in [-0.2, -0.15) is 9.97 Å². The summed E-state index contributed by atoms with van der Waals surface area (Å²) in [6.07, 6.45) is 13.6. The number of carbonyl (C=O) groups is 2. The van der Waals surface area contributed by atoms with Gasteiger partial charge in [-0.25, -0.2) is 13.6 Å². The van der Waals surface area contributed by atoms with Crippen molar-refractivity contribution in [3.63, 3.8) is 0 Å². The van der Waals surface area contributed by atoms with Gasteiger partial charge in [-0.05, 0) is 142 Å². The van der Waals surface area contributed by atoms with E-state index >= 15 is 8.78 Å². The van der Waals surface area contributed by atoms with Gasteiger partial charge in [0.1, 0.15) is 34.6 Å². The molecule has 2 amide bonds. The molecule has 6 aliphatic rings. The van der Waals surface area contributed by atoms with E-state index in [1.165, 1.54) is 36.7 Å². The van der Waals surface area contributed by atoms with Crippen molar-refractivity contribution in [1.82, 2.24) is 39.2 Å². The van der Waals surface area contributed by atoms with E-state index < -0.39 is 29.2 Å². The number of nitrogens with one attached hydrogen (secondary N) is 1. The molecule has 2 atom stereocenters. The number of phenols is 1. The topological polar surface area (TPSA) is 171 Å². The number of benzene rings is 3. The van der Waals surface area contributed by atoms with Crippen LogP contribution in [0.1, 0.15) is 102 Å². The molecule has 0 bridgehead atoms. The van der Waals surface area contributed by atoms with Crippen LogP contribution in [0.2, 0.25) is 0 Å². The van der Waals surface area contributed by atoms with Gasteiger partial charge in [0, 0.05) is 75.0 Å². The number of para-hydroxylation sites is 1. The highest BCUT2D eigenvalue weighted by Crippen LogP contribution is 2.53. The molecule has 2 aliphatic carbocycles. The molecule has 2 saturated carbocycles. The second kappa shape index (κ2) is 18.0. The molecule has 3 aromatic heterocycles. The Morgan fingerprint density at radius 3 is 2.48 bits per heavy atom. The Kier molecular flexibility index (Phi) is 11.7. The average Bonchev–Trinajstić information content (AvgIpc) is 4.09. The number of aliphatic hydroxyl groups is 1. The summed E-state index contributed by atoms with van der Waals surface area (Å²) in [6.45, 7) is 9.67. The first-order chi connectivity index (χ1) is 35.1. The van der Waals surface area contributed by atoms with Crippen LogP contribution < -0.4 is 20.6 Å². The number of β-amino-alcohol motifs (C(OH)–C–C–N with tert-alkyl or cyclic N) is 1. The van der Waals surface area contributed by atoms with Crippen molar-refractivity contribution in [3.05, 3.63) is 88.0 Å². The quantitative estimate of drug-likeness (QED) is 0.109. The maximum absolute atomic E-state index is 17.2. The first-order valence-corrected chi connectivity index (χ1v) is 26.2. The van der Waals surface area contributed by atoms with Crippen LogP contribution in [0.15, 0.2) is 59.5 Å². The molecule has 1 unspecified atom stereocenters. The lowest BCUT2D eigenvalue weighted by Crippen LogP contribution is -2.56. The SMILES string of the molecule is CCc1c(F)ccc2cc(O)cc(-c3ncc4c(N5CCC[C@@](C)(O)C5)nc(OCC5(CN6CCC7(CC6)CC(N6CC=C(c8cccc9c8n(C)c(=O)n9C8CCC(=O)NC8=O)CC6)C7)CC5)nc4c3F)c12.